The number of nitrogen functional groups attached to an aromatic ring is 1. The van der Waals surface area contributed by atoms with Gasteiger partial charge in [0.15, 0.2) is 11.5 Å². The second-order valence-electron chi connectivity index (χ2n) is 4.90. The first-order valence-corrected chi connectivity index (χ1v) is 6.77. The van der Waals surface area contributed by atoms with Crippen LogP contribution in [0, 0.1) is 13.8 Å². The first-order valence-electron chi connectivity index (χ1n) is 6.77. The molecule has 0 amide bonds. The van der Waals surface area contributed by atoms with Gasteiger partial charge in [-0.05, 0) is 31.5 Å². The average molecular weight is 299 g/mol. The van der Waals surface area contributed by atoms with E-state index in [1.54, 1.807) is 25.7 Å². The molecular formula is C15H17N5O2. The Labute approximate surface area is 127 Å². The number of aromatic nitrogens is 4. The van der Waals surface area contributed by atoms with Gasteiger partial charge in [0, 0.05) is 5.56 Å². The number of hydrogen-bond acceptors (Lipinski definition) is 6. The molecule has 0 aliphatic carbocycles. The summed E-state index contributed by atoms with van der Waals surface area (Å²) < 4.78 is 12.2. The van der Waals surface area contributed by atoms with Gasteiger partial charge in [-0.15, -0.1) is 5.10 Å². The van der Waals surface area contributed by atoms with E-state index in [-0.39, 0.29) is 0 Å². The molecule has 0 radical (unpaired) electrons. The number of nitrogens with zero attached hydrogens (tertiary/aromatic N) is 4. The average Bonchev–Trinajstić information content (AvgIpc) is 2.87. The summed E-state index contributed by atoms with van der Waals surface area (Å²) in [6.45, 7) is 3.70. The van der Waals surface area contributed by atoms with Crippen LogP contribution < -0.4 is 15.2 Å². The topological polar surface area (TPSA) is 87.6 Å². The Kier molecular flexibility index (Phi) is 3.32. The molecular weight excluding hydrogens is 282 g/mol. The number of benzene rings is 1. The van der Waals surface area contributed by atoms with Crippen LogP contribution in [-0.4, -0.2) is 33.8 Å². The smallest absolute Gasteiger partial charge is 0.254 e. The molecule has 22 heavy (non-hydrogen) atoms. The summed E-state index contributed by atoms with van der Waals surface area (Å²) in [5.74, 6) is 2.91. The molecule has 0 fully saturated rings. The maximum absolute atomic E-state index is 6.28. The summed E-state index contributed by atoms with van der Waals surface area (Å²) in [5, 5.41) is 4.28. The normalized spacial score (nSPS) is 10.9. The van der Waals surface area contributed by atoms with Crippen molar-refractivity contribution in [1.82, 2.24) is 19.6 Å². The summed E-state index contributed by atoms with van der Waals surface area (Å²) in [6, 6.07) is 5.62. The van der Waals surface area contributed by atoms with Crippen LogP contribution in [0.5, 0.6) is 11.5 Å². The quantitative estimate of drug-likeness (QED) is 0.796. The number of hydrogen-bond donors (Lipinski definition) is 1. The Morgan fingerprint density at radius 3 is 2.45 bits per heavy atom. The molecule has 0 aliphatic heterocycles. The van der Waals surface area contributed by atoms with Gasteiger partial charge in [-0.25, -0.2) is 4.98 Å². The SMILES string of the molecule is COc1ccc(-c2c(C)nc3nc(C)nn3c2N)cc1OC. The zero-order valence-corrected chi connectivity index (χ0v) is 12.9. The minimum Gasteiger partial charge on any atom is -0.493 e. The van der Waals surface area contributed by atoms with E-state index in [1.807, 2.05) is 25.1 Å². The van der Waals surface area contributed by atoms with Gasteiger partial charge < -0.3 is 15.2 Å². The van der Waals surface area contributed by atoms with Gasteiger partial charge >= 0.3 is 0 Å². The van der Waals surface area contributed by atoms with E-state index in [1.165, 1.54) is 0 Å². The number of fused-ring (bicyclic) bond motifs is 1. The zero-order valence-electron chi connectivity index (χ0n) is 12.9. The molecule has 0 unspecified atom stereocenters. The maximum Gasteiger partial charge on any atom is 0.254 e. The molecule has 7 nitrogen and oxygen atoms in total. The summed E-state index contributed by atoms with van der Waals surface area (Å²) in [6.07, 6.45) is 0. The minimum absolute atomic E-state index is 0.496. The lowest BCUT2D eigenvalue weighted by molar-refractivity contribution is 0.355. The van der Waals surface area contributed by atoms with E-state index < -0.39 is 0 Å². The number of ether oxygens (including phenoxy) is 2. The molecule has 0 spiro atoms. The number of aryl methyl sites for hydroxylation is 2. The Bertz CT molecular complexity index is 857. The van der Waals surface area contributed by atoms with Crippen molar-refractivity contribution in [2.24, 2.45) is 0 Å². The van der Waals surface area contributed by atoms with Crippen molar-refractivity contribution < 1.29 is 9.47 Å². The standard InChI is InChI=1S/C15H17N5O2/c1-8-13(10-5-6-11(21-3)12(7-10)22-4)14(16)20-15(17-8)18-9(2)19-20/h5-7H,16H2,1-4H3. The zero-order chi connectivity index (χ0) is 15.9. The van der Waals surface area contributed by atoms with Gasteiger partial charge in [0.2, 0.25) is 0 Å². The molecule has 3 rings (SSSR count). The van der Waals surface area contributed by atoms with Crippen LogP contribution in [0.3, 0.4) is 0 Å². The van der Waals surface area contributed by atoms with Crippen LogP contribution >= 0.6 is 0 Å². The van der Waals surface area contributed by atoms with Crippen LogP contribution in [-0.2, 0) is 0 Å². The Morgan fingerprint density at radius 1 is 1.05 bits per heavy atom. The van der Waals surface area contributed by atoms with Gasteiger partial charge in [0.05, 0.1) is 19.9 Å². The molecule has 7 heteroatoms. The van der Waals surface area contributed by atoms with E-state index in [9.17, 15) is 0 Å². The molecule has 1 aromatic carbocycles. The van der Waals surface area contributed by atoms with Crippen molar-refractivity contribution >= 4 is 11.6 Å². The number of nitrogens with two attached hydrogens (primary N) is 1. The first-order chi connectivity index (χ1) is 10.5. The third kappa shape index (κ3) is 2.11. The minimum atomic E-state index is 0.496. The van der Waals surface area contributed by atoms with E-state index in [0.717, 1.165) is 16.8 Å². The Hall–Kier alpha value is -2.83. The highest BCUT2D eigenvalue weighted by atomic mass is 16.5. The summed E-state index contributed by atoms with van der Waals surface area (Å²) in [7, 11) is 3.20. The fraction of sp³-hybridized carbons (Fsp3) is 0.267. The van der Waals surface area contributed by atoms with Crippen molar-refractivity contribution in [1.29, 1.82) is 0 Å². The Morgan fingerprint density at radius 2 is 1.77 bits per heavy atom. The van der Waals surface area contributed by atoms with Gasteiger partial charge in [0.25, 0.3) is 5.78 Å². The molecule has 2 N–H and O–H groups in total. The molecule has 0 saturated heterocycles. The van der Waals surface area contributed by atoms with Crippen molar-refractivity contribution in [3.8, 4) is 22.6 Å². The monoisotopic (exact) mass is 299 g/mol. The second kappa shape index (κ2) is 5.18. The highest BCUT2D eigenvalue weighted by molar-refractivity contribution is 5.79. The first kappa shape index (κ1) is 14.1. The maximum atomic E-state index is 6.28. The predicted molar refractivity (Wildman–Crippen MR) is 83.2 cm³/mol. The predicted octanol–water partition coefficient (Wildman–Crippen LogP) is 2.01. The lowest BCUT2D eigenvalue weighted by atomic mass is 10.0. The molecule has 0 aliphatic rings. The van der Waals surface area contributed by atoms with E-state index in [4.69, 9.17) is 15.2 Å². The summed E-state index contributed by atoms with van der Waals surface area (Å²) >= 11 is 0. The van der Waals surface area contributed by atoms with Gasteiger partial charge in [-0.1, -0.05) is 6.07 Å². The van der Waals surface area contributed by atoms with E-state index >= 15 is 0 Å². The van der Waals surface area contributed by atoms with Gasteiger partial charge in [0.1, 0.15) is 11.6 Å². The highest BCUT2D eigenvalue weighted by Gasteiger charge is 2.16. The number of rotatable bonds is 3. The summed E-state index contributed by atoms with van der Waals surface area (Å²) in [4.78, 5) is 8.72. The number of methoxy groups -OCH3 is 2. The van der Waals surface area contributed by atoms with Crippen molar-refractivity contribution in [2.45, 2.75) is 13.8 Å². The Balaban J connectivity index is 2.25. The van der Waals surface area contributed by atoms with E-state index in [2.05, 4.69) is 15.1 Å². The molecule has 0 saturated carbocycles. The third-order valence-electron chi connectivity index (χ3n) is 3.48. The fourth-order valence-electron chi connectivity index (χ4n) is 2.48. The van der Waals surface area contributed by atoms with Crippen LogP contribution in [0.1, 0.15) is 11.5 Å². The van der Waals surface area contributed by atoms with Crippen molar-refractivity contribution in [2.75, 3.05) is 20.0 Å². The number of anilines is 1. The molecule has 3 aromatic rings. The van der Waals surface area contributed by atoms with Crippen LogP contribution in [0.4, 0.5) is 5.82 Å². The lowest BCUT2D eigenvalue weighted by Crippen LogP contribution is -2.06. The largest absolute Gasteiger partial charge is 0.493 e. The molecule has 2 heterocycles. The van der Waals surface area contributed by atoms with Crippen LogP contribution in [0.25, 0.3) is 16.9 Å². The van der Waals surface area contributed by atoms with Crippen molar-refractivity contribution in [3.63, 3.8) is 0 Å². The lowest BCUT2D eigenvalue weighted by Gasteiger charge is -2.13. The van der Waals surface area contributed by atoms with Crippen LogP contribution in [0.2, 0.25) is 0 Å². The summed E-state index contributed by atoms with van der Waals surface area (Å²) in [5.41, 5.74) is 8.75. The van der Waals surface area contributed by atoms with Crippen molar-refractivity contribution in [3.05, 3.63) is 29.7 Å². The van der Waals surface area contributed by atoms with Crippen LogP contribution in [0.15, 0.2) is 18.2 Å². The van der Waals surface area contributed by atoms with E-state index in [0.29, 0.717) is 28.9 Å². The van der Waals surface area contributed by atoms with Gasteiger partial charge in [-0.3, -0.25) is 0 Å². The fourth-order valence-corrected chi connectivity index (χ4v) is 2.48. The second-order valence-corrected chi connectivity index (χ2v) is 4.90. The molecule has 114 valence electrons. The molecule has 0 bridgehead atoms. The molecule has 0 atom stereocenters. The molecule has 2 aromatic heterocycles. The highest BCUT2D eigenvalue weighted by Crippen LogP contribution is 2.35. The third-order valence-corrected chi connectivity index (χ3v) is 3.48. The van der Waals surface area contributed by atoms with Gasteiger partial charge in [-0.2, -0.15) is 9.50 Å².